The second kappa shape index (κ2) is 10.7. The van der Waals surface area contributed by atoms with E-state index in [1.807, 2.05) is 0 Å². The summed E-state index contributed by atoms with van der Waals surface area (Å²) in [6.45, 7) is 1.99. The van der Waals surface area contributed by atoms with Crippen LogP contribution in [0, 0.1) is 0 Å². The van der Waals surface area contributed by atoms with Crippen molar-refractivity contribution >= 4 is 18.1 Å². The summed E-state index contributed by atoms with van der Waals surface area (Å²) in [5, 5.41) is 7.95. The summed E-state index contributed by atoms with van der Waals surface area (Å²) in [5.74, 6) is -0.519. The number of hydrogen-bond acceptors (Lipinski definition) is 5. The highest BCUT2D eigenvalue weighted by atomic mass is 16.6. The summed E-state index contributed by atoms with van der Waals surface area (Å²) in [6.07, 6.45) is 5.24. The van der Waals surface area contributed by atoms with Crippen molar-refractivity contribution in [2.24, 2.45) is 0 Å². The standard InChI is InChI=1S/C15H27N3O5/c1-3-12(13(19)22-2)18-15(21)23-10-9-16-14(20)17-11-7-5-4-6-8-11/h11-12H,3-10H2,1-2H3,(H,18,21)(H2,16,17,20). The van der Waals surface area contributed by atoms with Crippen LogP contribution in [0.25, 0.3) is 0 Å². The molecule has 0 saturated heterocycles. The molecule has 0 aromatic heterocycles. The number of urea groups is 1. The molecule has 8 heteroatoms. The average Bonchev–Trinajstić information content (AvgIpc) is 2.56. The number of ether oxygens (including phenoxy) is 2. The van der Waals surface area contributed by atoms with Gasteiger partial charge >= 0.3 is 18.1 Å². The Morgan fingerprint density at radius 3 is 2.48 bits per heavy atom. The van der Waals surface area contributed by atoms with Crippen LogP contribution in [0.2, 0.25) is 0 Å². The number of nitrogens with one attached hydrogen (secondary N) is 3. The fourth-order valence-electron chi connectivity index (χ4n) is 2.45. The van der Waals surface area contributed by atoms with Crippen LogP contribution in [0.3, 0.4) is 0 Å². The van der Waals surface area contributed by atoms with Crippen LogP contribution in [0.1, 0.15) is 45.4 Å². The fraction of sp³-hybridized carbons (Fsp3) is 0.800. The molecule has 3 N–H and O–H groups in total. The van der Waals surface area contributed by atoms with Crippen molar-refractivity contribution in [3.05, 3.63) is 0 Å². The molecule has 1 rings (SSSR count). The summed E-state index contributed by atoms with van der Waals surface area (Å²) < 4.78 is 9.47. The van der Waals surface area contributed by atoms with Gasteiger partial charge in [0.25, 0.3) is 0 Å². The second-order valence-electron chi connectivity index (χ2n) is 5.50. The Hall–Kier alpha value is -1.99. The molecule has 3 amide bonds. The molecule has 0 heterocycles. The zero-order chi connectivity index (χ0) is 17.1. The number of alkyl carbamates (subject to hydrolysis) is 1. The zero-order valence-electron chi connectivity index (χ0n) is 13.9. The van der Waals surface area contributed by atoms with Crippen LogP contribution in [0.15, 0.2) is 0 Å². The SMILES string of the molecule is CCC(NC(=O)OCCNC(=O)NC1CCCCC1)C(=O)OC. The normalized spacial score (nSPS) is 16.1. The summed E-state index contributed by atoms with van der Waals surface area (Å²) in [5.41, 5.74) is 0. The Bertz CT molecular complexity index is 397. The molecular weight excluding hydrogens is 302 g/mol. The molecule has 0 bridgehead atoms. The molecule has 23 heavy (non-hydrogen) atoms. The van der Waals surface area contributed by atoms with E-state index >= 15 is 0 Å². The van der Waals surface area contributed by atoms with Gasteiger partial charge in [0, 0.05) is 6.04 Å². The molecular formula is C15H27N3O5. The van der Waals surface area contributed by atoms with Crippen molar-refractivity contribution in [1.29, 1.82) is 0 Å². The van der Waals surface area contributed by atoms with Crippen LogP contribution < -0.4 is 16.0 Å². The number of carbonyl (C=O) groups excluding carboxylic acids is 3. The van der Waals surface area contributed by atoms with E-state index < -0.39 is 18.1 Å². The third-order valence-corrected chi connectivity index (χ3v) is 3.75. The Kier molecular flexibility index (Phi) is 8.86. The quantitative estimate of drug-likeness (QED) is 0.482. The summed E-state index contributed by atoms with van der Waals surface area (Å²) >= 11 is 0. The number of carbonyl (C=O) groups is 3. The van der Waals surface area contributed by atoms with Gasteiger partial charge in [-0.2, -0.15) is 0 Å². The van der Waals surface area contributed by atoms with Gasteiger partial charge in [0.15, 0.2) is 0 Å². The number of rotatable bonds is 7. The molecule has 1 unspecified atom stereocenters. The van der Waals surface area contributed by atoms with Gasteiger partial charge in [0.1, 0.15) is 12.6 Å². The maximum absolute atomic E-state index is 11.7. The van der Waals surface area contributed by atoms with Gasteiger partial charge in [-0.25, -0.2) is 14.4 Å². The number of esters is 1. The predicted molar refractivity (Wildman–Crippen MR) is 84.0 cm³/mol. The van der Waals surface area contributed by atoms with Crippen molar-refractivity contribution in [3.8, 4) is 0 Å². The maximum atomic E-state index is 11.7. The molecule has 0 aromatic rings. The number of hydrogen-bond donors (Lipinski definition) is 3. The van der Waals surface area contributed by atoms with Crippen LogP contribution >= 0.6 is 0 Å². The Labute approximate surface area is 136 Å². The topological polar surface area (TPSA) is 106 Å². The molecule has 0 aromatic carbocycles. The highest BCUT2D eigenvalue weighted by Crippen LogP contribution is 2.16. The Morgan fingerprint density at radius 2 is 1.87 bits per heavy atom. The molecule has 132 valence electrons. The summed E-state index contributed by atoms with van der Waals surface area (Å²) in [7, 11) is 1.26. The lowest BCUT2D eigenvalue weighted by Gasteiger charge is -2.22. The molecule has 1 aliphatic carbocycles. The molecule has 0 radical (unpaired) electrons. The number of methoxy groups -OCH3 is 1. The first kappa shape index (κ1) is 19.1. The molecule has 8 nitrogen and oxygen atoms in total. The predicted octanol–water partition coefficient (Wildman–Crippen LogP) is 1.30. The largest absolute Gasteiger partial charge is 0.467 e. The second-order valence-corrected chi connectivity index (χ2v) is 5.50. The van der Waals surface area contributed by atoms with Gasteiger partial charge in [0.2, 0.25) is 0 Å². The van der Waals surface area contributed by atoms with Gasteiger partial charge < -0.3 is 25.4 Å². The van der Waals surface area contributed by atoms with E-state index in [0.29, 0.717) is 6.42 Å². The third-order valence-electron chi connectivity index (χ3n) is 3.75. The Balaban J connectivity index is 2.12. The number of amides is 3. The molecule has 0 spiro atoms. The van der Waals surface area contributed by atoms with Crippen LogP contribution in [0.4, 0.5) is 9.59 Å². The van der Waals surface area contributed by atoms with Crippen molar-refractivity contribution in [1.82, 2.24) is 16.0 Å². The van der Waals surface area contributed by atoms with E-state index in [2.05, 4.69) is 20.7 Å². The van der Waals surface area contributed by atoms with Crippen LogP contribution in [0.5, 0.6) is 0 Å². The first-order valence-electron chi connectivity index (χ1n) is 8.12. The third kappa shape index (κ3) is 7.71. The first-order valence-corrected chi connectivity index (χ1v) is 8.12. The van der Waals surface area contributed by atoms with Crippen LogP contribution in [-0.4, -0.2) is 50.4 Å². The maximum Gasteiger partial charge on any atom is 0.407 e. The van der Waals surface area contributed by atoms with Gasteiger partial charge in [-0.15, -0.1) is 0 Å². The summed E-state index contributed by atoms with van der Waals surface area (Å²) in [4.78, 5) is 34.5. The average molecular weight is 329 g/mol. The van der Waals surface area contributed by atoms with Gasteiger partial charge in [-0.3, -0.25) is 0 Å². The minimum absolute atomic E-state index is 0.0293. The van der Waals surface area contributed by atoms with Gasteiger partial charge in [0.05, 0.1) is 13.7 Å². The van der Waals surface area contributed by atoms with Crippen molar-refractivity contribution in [2.75, 3.05) is 20.3 Å². The highest BCUT2D eigenvalue weighted by Gasteiger charge is 2.20. The van der Waals surface area contributed by atoms with Crippen molar-refractivity contribution in [3.63, 3.8) is 0 Å². The molecule has 1 aliphatic rings. The van der Waals surface area contributed by atoms with E-state index in [9.17, 15) is 14.4 Å². The van der Waals surface area contributed by atoms with Gasteiger partial charge in [-0.1, -0.05) is 26.2 Å². The van der Waals surface area contributed by atoms with Crippen molar-refractivity contribution < 1.29 is 23.9 Å². The molecule has 1 fully saturated rings. The van der Waals surface area contributed by atoms with E-state index in [1.165, 1.54) is 13.5 Å². The van der Waals surface area contributed by atoms with Crippen molar-refractivity contribution in [2.45, 2.75) is 57.5 Å². The van der Waals surface area contributed by atoms with E-state index in [4.69, 9.17) is 4.74 Å². The smallest absolute Gasteiger partial charge is 0.407 e. The highest BCUT2D eigenvalue weighted by molar-refractivity contribution is 5.81. The lowest BCUT2D eigenvalue weighted by atomic mass is 9.96. The van der Waals surface area contributed by atoms with Crippen LogP contribution in [-0.2, 0) is 14.3 Å². The lowest BCUT2D eigenvalue weighted by molar-refractivity contribution is -0.143. The van der Waals surface area contributed by atoms with E-state index in [1.54, 1.807) is 6.92 Å². The fourth-order valence-corrected chi connectivity index (χ4v) is 2.45. The Morgan fingerprint density at radius 1 is 1.17 bits per heavy atom. The minimum atomic E-state index is -0.727. The monoisotopic (exact) mass is 329 g/mol. The first-order chi connectivity index (χ1) is 11.1. The lowest BCUT2D eigenvalue weighted by Crippen LogP contribution is -2.45. The summed E-state index contributed by atoms with van der Waals surface area (Å²) in [6, 6.07) is -0.740. The molecule has 1 saturated carbocycles. The molecule has 0 aliphatic heterocycles. The minimum Gasteiger partial charge on any atom is -0.467 e. The molecule has 1 atom stereocenters. The van der Waals surface area contributed by atoms with Gasteiger partial charge in [-0.05, 0) is 19.3 Å². The zero-order valence-corrected chi connectivity index (χ0v) is 13.9. The van der Waals surface area contributed by atoms with E-state index in [0.717, 1.165) is 25.7 Å². The van der Waals surface area contributed by atoms with E-state index in [-0.39, 0.29) is 25.2 Å².